The van der Waals surface area contributed by atoms with Crippen LogP contribution in [0.5, 0.6) is 0 Å². The molecule has 2 aromatic rings. The first-order valence-electron chi connectivity index (χ1n) is 11.7. The molecule has 2 bridgehead atoms. The number of aromatic nitrogens is 1. The first kappa shape index (κ1) is 21.7. The Morgan fingerprint density at radius 1 is 1.03 bits per heavy atom. The summed E-state index contributed by atoms with van der Waals surface area (Å²) in [6.07, 6.45) is 8.58. The Morgan fingerprint density at radius 3 is 2.41 bits per heavy atom. The summed E-state index contributed by atoms with van der Waals surface area (Å²) in [6.45, 7) is 4.07. The molecule has 0 spiro atoms. The molecule has 7 heteroatoms. The summed E-state index contributed by atoms with van der Waals surface area (Å²) in [5.41, 5.74) is 3.33. The van der Waals surface area contributed by atoms with Gasteiger partial charge in [-0.25, -0.2) is 0 Å². The Kier molecular flexibility index (Phi) is 6.35. The number of piperidine rings is 1. The van der Waals surface area contributed by atoms with E-state index in [-0.39, 0.29) is 5.91 Å². The average Bonchev–Trinajstić information content (AvgIpc) is 3.00. The molecule has 3 aliphatic heterocycles. The van der Waals surface area contributed by atoms with Crippen molar-refractivity contribution in [2.75, 3.05) is 44.7 Å². The number of rotatable bonds is 5. The molecule has 1 aromatic carbocycles. The van der Waals surface area contributed by atoms with Crippen LogP contribution in [0.2, 0.25) is 5.02 Å². The van der Waals surface area contributed by atoms with E-state index >= 15 is 0 Å². The van der Waals surface area contributed by atoms with Gasteiger partial charge in [0.1, 0.15) is 0 Å². The number of benzene rings is 1. The number of carbonyl (C=O) groups excluding carboxylic acids is 1. The quantitative estimate of drug-likeness (QED) is 0.753. The SMILES string of the molecule is CN1[C@@H]2CC[C@H]1C[C@H](NC(=O)CN1CCN(c3cncc(-c4ccc(Cl)cc4)c3)CC1)C2. The third-order valence-electron chi connectivity index (χ3n) is 7.47. The van der Waals surface area contributed by atoms with Gasteiger partial charge in [0.05, 0.1) is 18.4 Å². The number of nitrogens with zero attached hydrogens (tertiary/aromatic N) is 4. The van der Waals surface area contributed by atoms with Crippen LogP contribution in [-0.2, 0) is 4.79 Å². The van der Waals surface area contributed by atoms with Gasteiger partial charge in [-0.1, -0.05) is 23.7 Å². The van der Waals surface area contributed by atoms with Gasteiger partial charge in [-0.2, -0.15) is 0 Å². The molecule has 3 aliphatic rings. The summed E-state index contributed by atoms with van der Waals surface area (Å²) in [5, 5.41) is 4.06. The molecule has 5 rings (SSSR count). The molecule has 6 nitrogen and oxygen atoms in total. The maximum atomic E-state index is 12.7. The number of carbonyl (C=O) groups is 1. The first-order valence-corrected chi connectivity index (χ1v) is 12.1. The molecule has 170 valence electrons. The highest BCUT2D eigenvalue weighted by atomic mass is 35.5. The van der Waals surface area contributed by atoms with E-state index in [9.17, 15) is 4.79 Å². The van der Waals surface area contributed by atoms with Gasteiger partial charge in [-0.15, -0.1) is 0 Å². The average molecular weight is 454 g/mol. The highest BCUT2D eigenvalue weighted by Gasteiger charge is 2.38. The predicted octanol–water partition coefficient (Wildman–Crippen LogP) is 3.27. The summed E-state index contributed by atoms with van der Waals surface area (Å²) in [7, 11) is 2.24. The summed E-state index contributed by atoms with van der Waals surface area (Å²) in [5.74, 6) is 0.179. The van der Waals surface area contributed by atoms with Gasteiger partial charge >= 0.3 is 0 Å². The number of hydrogen-bond acceptors (Lipinski definition) is 5. The minimum Gasteiger partial charge on any atom is -0.368 e. The number of hydrogen-bond donors (Lipinski definition) is 1. The van der Waals surface area contributed by atoms with Crippen LogP contribution in [0.3, 0.4) is 0 Å². The van der Waals surface area contributed by atoms with Crippen LogP contribution in [0.4, 0.5) is 5.69 Å². The van der Waals surface area contributed by atoms with Gasteiger partial charge in [0.2, 0.25) is 5.91 Å². The molecule has 0 radical (unpaired) electrons. The number of fused-ring (bicyclic) bond motifs is 2. The van der Waals surface area contributed by atoms with E-state index in [0.29, 0.717) is 24.7 Å². The monoisotopic (exact) mass is 453 g/mol. The summed E-state index contributed by atoms with van der Waals surface area (Å²) in [6, 6.07) is 11.7. The maximum absolute atomic E-state index is 12.7. The van der Waals surface area contributed by atoms with Crippen molar-refractivity contribution in [1.29, 1.82) is 0 Å². The molecular weight excluding hydrogens is 422 g/mol. The van der Waals surface area contributed by atoms with Crippen molar-refractivity contribution in [2.24, 2.45) is 0 Å². The first-order chi connectivity index (χ1) is 15.5. The molecule has 3 atom stereocenters. The van der Waals surface area contributed by atoms with Gasteiger partial charge < -0.3 is 15.1 Å². The van der Waals surface area contributed by atoms with Gasteiger partial charge in [-0.3, -0.25) is 14.7 Å². The summed E-state index contributed by atoms with van der Waals surface area (Å²) in [4.78, 5) is 24.3. The molecular formula is C25H32ClN5O. The van der Waals surface area contributed by atoms with E-state index < -0.39 is 0 Å². The molecule has 4 heterocycles. The van der Waals surface area contributed by atoms with E-state index in [4.69, 9.17) is 11.6 Å². The smallest absolute Gasteiger partial charge is 0.234 e. The lowest BCUT2D eigenvalue weighted by Gasteiger charge is -2.38. The highest BCUT2D eigenvalue weighted by molar-refractivity contribution is 6.30. The third kappa shape index (κ3) is 4.77. The number of nitrogens with one attached hydrogen (secondary N) is 1. The van der Waals surface area contributed by atoms with Crippen LogP contribution in [-0.4, -0.2) is 78.6 Å². The zero-order valence-electron chi connectivity index (χ0n) is 18.7. The van der Waals surface area contributed by atoms with Crippen molar-refractivity contribution in [3.05, 3.63) is 47.7 Å². The molecule has 3 fully saturated rings. The zero-order chi connectivity index (χ0) is 22.1. The van der Waals surface area contributed by atoms with Crippen LogP contribution in [0.25, 0.3) is 11.1 Å². The van der Waals surface area contributed by atoms with Gasteiger partial charge in [0, 0.05) is 61.1 Å². The number of pyridine rings is 1. The minimum atomic E-state index is 0.179. The van der Waals surface area contributed by atoms with Gasteiger partial charge in [0.15, 0.2) is 0 Å². The maximum Gasteiger partial charge on any atom is 0.234 e. The van der Waals surface area contributed by atoms with Crippen molar-refractivity contribution < 1.29 is 4.79 Å². The van der Waals surface area contributed by atoms with Gasteiger partial charge in [0.25, 0.3) is 0 Å². The fraction of sp³-hybridized carbons (Fsp3) is 0.520. The molecule has 3 saturated heterocycles. The second kappa shape index (κ2) is 9.38. The fourth-order valence-corrected chi connectivity index (χ4v) is 5.70. The van der Waals surface area contributed by atoms with Crippen molar-refractivity contribution in [3.8, 4) is 11.1 Å². The number of anilines is 1. The summed E-state index contributed by atoms with van der Waals surface area (Å²) >= 11 is 6.02. The third-order valence-corrected chi connectivity index (χ3v) is 7.72. The van der Waals surface area contributed by atoms with Crippen LogP contribution < -0.4 is 10.2 Å². The van der Waals surface area contributed by atoms with Crippen LogP contribution >= 0.6 is 11.6 Å². The Hall–Kier alpha value is -2.15. The van der Waals surface area contributed by atoms with Crippen molar-refractivity contribution in [1.82, 2.24) is 20.1 Å². The highest BCUT2D eigenvalue weighted by Crippen LogP contribution is 2.34. The molecule has 1 aromatic heterocycles. The number of piperazine rings is 1. The van der Waals surface area contributed by atoms with Crippen LogP contribution in [0.15, 0.2) is 42.7 Å². The second-order valence-electron chi connectivity index (χ2n) is 9.49. The molecule has 32 heavy (non-hydrogen) atoms. The van der Waals surface area contributed by atoms with Crippen LogP contribution in [0.1, 0.15) is 25.7 Å². The molecule has 0 saturated carbocycles. The van der Waals surface area contributed by atoms with E-state index in [1.54, 1.807) is 0 Å². The Morgan fingerprint density at radius 2 is 1.72 bits per heavy atom. The van der Waals surface area contributed by atoms with Crippen molar-refractivity contribution >= 4 is 23.2 Å². The van der Waals surface area contributed by atoms with E-state index in [0.717, 1.165) is 60.9 Å². The standard InChI is InChI=1S/C25H32ClN5O/c1-29-22-6-7-23(29)14-21(13-22)28-25(32)17-30-8-10-31(11-9-30)24-12-19(15-27-16-24)18-2-4-20(26)5-3-18/h2-5,12,15-16,21-23H,6-11,13-14,17H2,1H3,(H,28,32)/t21-,22-,23+. The normalized spacial score (nSPS) is 26.3. The summed E-state index contributed by atoms with van der Waals surface area (Å²) < 4.78 is 0. The van der Waals surface area contributed by atoms with E-state index in [2.05, 4.69) is 38.1 Å². The lowest BCUT2D eigenvalue weighted by molar-refractivity contribution is -0.123. The van der Waals surface area contributed by atoms with Crippen LogP contribution in [0, 0.1) is 0 Å². The second-order valence-corrected chi connectivity index (χ2v) is 9.92. The van der Waals surface area contributed by atoms with E-state index in [1.807, 2.05) is 36.7 Å². The van der Waals surface area contributed by atoms with Crippen molar-refractivity contribution in [2.45, 2.75) is 43.8 Å². The predicted molar refractivity (Wildman–Crippen MR) is 129 cm³/mol. The molecule has 1 amide bonds. The minimum absolute atomic E-state index is 0.179. The number of halogens is 1. The topological polar surface area (TPSA) is 51.7 Å². The van der Waals surface area contributed by atoms with Crippen molar-refractivity contribution in [3.63, 3.8) is 0 Å². The fourth-order valence-electron chi connectivity index (χ4n) is 5.57. The van der Waals surface area contributed by atoms with Gasteiger partial charge in [-0.05, 0) is 56.5 Å². The van der Waals surface area contributed by atoms with E-state index in [1.165, 1.54) is 12.8 Å². The Bertz CT molecular complexity index is 930. The lowest BCUT2D eigenvalue weighted by Crippen LogP contribution is -2.53. The molecule has 0 unspecified atom stereocenters. The lowest BCUT2D eigenvalue weighted by atomic mass is 9.98. The Labute approximate surface area is 195 Å². The number of amides is 1. The molecule has 1 N–H and O–H groups in total. The Balaban J connectivity index is 1.12. The zero-order valence-corrected chi connectivity index (χ0v) is 19.5. The largest absolute Gasteiger partial charge is 0.368 e. The molecule has 0 aliphatic carbocycles.